The van der Waals surface area contributed by atoms with Crippen molar-refractivity contribution in [2.75, 3.05) is 18.3 Å². The molecule has 2 N–H and O–H groups in total. The third-order valence-corrected chi connectivity index (χ3v) is 4.94. The lowest BCUT2D eigenvalue weighted by Gasteiger charge is -2.14. The number of sulfone groups is 1. The Labute approximate surface area is 122 Å². The van der Waals surface area contributed by atoms with Crippen molar-refractivity contribution in [2.45, 2.75) is 19.9 Å². The minimum absolute atomic E-state index is 0.0139. The highest BCUT2D eigenvalue weighted by Gasteiger charge is 2.22. The first-order valence-electron chi connectivity index (χ1n) is 6.46. The van der Waals surface area contributed by atoms with E-state index in [2.05, 4.69) is 5.32 Å². The number of carbonyl (C=O) groups excluding carboxylic acids is 1. The third-order valence-electron chi connectivity index (χ3n) is 3.06. The zero-order valence-electron chi connectivity index (χ0n) is 11.8. The highest BCUT2D eigenvalue weighted by Crippen LogP contribution is 2.37. The normalized spacial score (nSPS) is 14.8. The Morgan fingerprint density at radius 3 is 2.62 bits per heavy atom. The van der Waals surface area contributed by atoms with Gasteiger partial charge in [0.1, 0.15) is 5.75 Å². The lowest BCUT2D eigenvalue weighted by molar-refractivity contribution is 0.0940. The van der Waals surface area contributed by atoms with Crippen LogP contribution in [0.1, 0.15) is 24.2 Å². The molecule has 0 aliphatic carbocycles. The summed E-state index contributed by atoms with van der Waals surface area (Å²) in [5.74, 6) is -0.215. The average Bonchev–Trinajstić information content (AvgIpc) is 2.83. The molecule has 2 rings (SSSR count). The van der Waals surface area contributed by atoms with Crippen LogP contribution in [-0.4, -0.2) is 43.8 Å². The molecule has 116 valence electrons. The molecule has 1 amide bonds. The van der Waals surface area contributed by atoms with Crippen LogP contribution in [0.2, 0.25) is 0 Å². The van der Waals surface area contributed by atoms with Crippen LogP contribution in [0.3, 0.4) is 0 Å². The third kappa shape index (κ3) is 3.57. The van der Waals surface area contributed by atoms with E-state index in [9.17, 15) is 18.3 Å². The van der Waals surface area contributed by atoms with Crippen molar-refractivity contribution >= 4 is 15.7 Å². The molecule has 1 aromatic carbocycles. The molecule has 1 aliphatic rings. The van der Waals surface area contributed by atoms with Crippen LogP contribution < -0.4 is 14.8 Å². The lowest BCUT2D eigenvalue weighted by atomic mass is 10.1. The maximum Gasteiger partial charge on any atom is 0.255 e. The van der Waals surface area contributed by atoms with E-state index >= 15 is 0 Å². The number of nitrogens with one attached hydrogen (secondary N) is 1. The number of carbonyl (C=O) groups is 1. The number of aromatic hydroxyl groups is 1. The molecule has 0 spiro atoms. The van der Waals surface area contributed by atoms with Gasteiger partial charge >= 0.3 is 0 Å². The monoisotopic (exact) mass is 315 g/mol. The standard InChI is InChI=1S/C13H17NO6S/c1-3-21(17,18)6-8(2)14-13(16)9-4-11-12(5-10(9)15)20-7-19-11/h4-5,8,15H,3,6-7H2,1-2H3,(H,14,16)/t8-/m0/s1. The molecule has 0 fully saturated rings. The molecule has 0 unspecified atom stereocenters. The number of fused-ring (bicyclic) bond motifs is 1. The number of rotatable bonds is 5. The zero-order chi connectivity index (χ0) is 15.6. The van der Waals surface area contributed by atoms with Gasteiger partial charge < -0.3 is 19.9 Å². The highest BCUT2D eigenvalue weighted by molar-refractivity contribution is 7.91. The summed E-state index contributed by atoms with van der Waals surface area (Å²) < 4.78 is 33.2. The fourth-order valence-electron chi connectivity index (χ4n) is 1.96. The molecule has 1 aromatic rings. The van der Waals surface area contributed by atoms with Crippen LogP contribution in [0.15, 0.2) is 12.1 Å². The molecule has 1 heterocycles. The molecule has 0 aromatic heterocycles. The second kappa shape index (κ2) is 5.80. The van der Waals surface area contributed by atoms with Crippen molar-refractivity contribution in [1.29, 1.82) is 0 Å². The van der Waals surface area contributed by atoms with Crippen molar-refractivity contribution in [3.8, 4) is 17.2 Å². The summed E-state index contributed by atoms with van der Waals surface area (Å²) in [4.78, 5) is 12.1. The summed E-state index contributed by atoms with van der Waals surface area (Å²) in [6.45, 7) is 3.17. The summed E-state index contributed by atoms with van der Waals surface area (Å²) in [6.07, 6.45) is 0. The molecule has 21 heavy (non-hydrogen) atoms. The van der Waals surface area contributed by atoms with Gasteiger partial charge in [-0.15, -0.1) is 0 Å². The van der Waals surface area contributed by atoms with Gasteiger partial charge in [0.2, 0.25) is 6.79 Å². The molecule has 7 nitrogen and oxygen atoms in total. The second-order valence-electron chi connectivity index (χ2n) is 4.80. The second-order valence-corrected chi connectivity index (χ2v) is 7.19. The van der Waals surface area contributed by atoms with Crippen molar-refractivity contribution in [3.05, 3.63) is 17.7 Å². The van der Waals surface area contributed by atoms with Crippen molar-refractivity contribution < 1.29 is 27.8 Å². The molecule has 0 saturated heterocycles. The quantitative estimate of drug-likeness (QED) is 0.828. The molecule has 0 bridgehead atoms. The van der Waals surface area contributed by atoms with Crippen molar-refractivity contribution in [3.63, 3.8) is 0 Å². The first-order chi connectivity index (χ1) is 9.82. The number of ether oxygens (including phenoxy) is 2. The van der Waals surface area contributed by atoms with E-state index in [1.165, 1.54) is 12.1 Å². The van der Waals surface area contributed by atoms with Crippen LogP contribution in [0, 0.1) is 0 Å². The Hall–Kier alpha value is -1.96. The minimum atomic E-state index is -3.19. The van der Waals surface area contributed by atoms with Gasteiger partial charge in [-0.3, -0.25) is 4.79 Å². The van der Waals surface area contributed by atoms with Crippen LogP contribution in [-0.2, 0) is 9.84 Å². The van der Waals surface area contributed by atoms with Gasteiger partial charge in [-0.1, -0.05) is 6.92 Å². The molecule has 1 aliphatic heterocycles. The van der Waals surface area contributed by atoms with Gasteiger partial charge in [0, 0.05) is 23.9 Å². The highest BCUT2D eigenvalue weighted by atomic mass is 32.2. The van der Waals surface area contributed by atoms with Crippen LogP contribution in [0.4, 0.5) is 0 Å². The van der Waals surface area contributed by atoms with Crippen LogP contribution in [0.25, 0.3) is 0 Å². The minimum Gasteiger partial charge on any atom is -0.507 e. The number of phenols is 1. The Kier molecular flexibility index (Phi) is 4.26. The van der Waals surface area contributed by atoms with E-state index in [0.29, 0.717) is 11.5 Å². The van der Waals surface area contributed by atoms with Crippen molar-refractivity contribution in [2.24, 2.45) is 0 Å². The summed E-state index contributed by atoms with van der Waals surface area (Å²) in [7, 11) is -3.19. The maximum absolute atomic E-state index is 12.1. The summed E-state index contributed by atoms with van der Waals surface area (Å²) in [5.41, 5.74) is 0.0139. The van der Waals surface area contributed by atoms with E-state index in [-0.39, 0.29) is 29.6 Å². The Balaban J connectivity index is 2.11. The van der Waals surface area contributed by atoms with Crippen LogP contribution in [0.5, 0.6) is 17.2 Å². The first-order valence-corrected chi connectivity index (χ1v) is 8.28. The van der Waals surface area contributed by atoms with Gasteiger partial charge in [-0.2, -0.15) is 0 Å². The predicted molar refractivity (Wildman–Crippen MR) is 75.5 cm³/mol. The molecule has 0 radical (unpaired) electrons. The van der Waals surface area contributed by atoms with E-state index < -0.39 is 21.8 Å². The lowest BCUT2D eigenvalue weighted by Crippen LogP contribution is -2.38. The molecule has 8 heteroatoms. The molecular weight excluding hydrogens is 298 g/mol. The van der Waals surface area contributed by atoms with E-state index in [1.807, 2.05) is 0 Å². The largest absolute Gasteiger partial charge is 0.507 e. The Bertz CT molecular complexity index is 655. The summed E-state index contributed by atoms with van der Waals surface area (Å²) in [5, 5.41) is 12.4. The SMILES string of the molecule is CCS(=O)(=O)C[C@H](C)NC(=O)c1cc2c(cc1O)OCO2. The Morgan fingerprint density at radius 1 is 1.38 bits per heavy atom. The van der Waals surface area contributed by atoms with E-state index in [1.54, 1.807) is 13.8 Å². The van der Waals surface area contributed by atoms with E-state index in [4.69, 9.17) is 9.47 Å². The van der Waals surface area contributed by atoms with Gasteiger partial charge in [0.25, 0.3) is 5.91 Å². The Morgan fingerprint density at radius 2 is 2.00 bits per heavy atom. The first kappa shape index (κ1) is 15.4. The topological polar surface area (TPSA) is 102 Å². The van der Waals surface area contributed by atoms with Crippen molar-refractivity contribution in [1.82, 2.24) is 5.32 Å². The fourth-order valence-corrected chi connectivity index (χ4v) is 3.04. The molecular formula is C13H17NO6S. The zero-order valence-corrected chi connectivity index (χ0v) is 12.6. The average molecular weight is 315 g/mol. The summed E-state index contributed by atoms with van der Waals surface area (Å²) in [6, 6.07) is 2.10. The van der Waals surface area contributed by atoms with Gasteiger partial charge in [-0.05, 0) is 6.92 Å². The number of hydrogen-bond donors (Lipinski definition) is 2. The number of benzene rings is 1. The predicted octanol–water partition coefficient (Wildman–Crippen LogP) is 0.674. The summed E-state index contributed by atoms with van der Waals surface area (Å²) >= 11 is 0. The molecule has 0 saturated carbocycles. The van der Waals surface area contributed by atoms with Gasteiger partial charge in [0.15, 0.2) is 21.3 Å². The van der Waals surface area contributed by atoms with Gasteiger partial charge in [-0.25, -0.2) is 8.42 Å². The number of phenolic OH excluding ortho intramolecular Hbond substituents is 1. The molecule has 1 atom stereocenters. The van der Waals surface area contributed by atoms with Crippen LogP contribution >= 0.6 is 0 Å². The fraction of sp³-hybridized carbons (Fsp3) is 0.462. The number of amides is 1. The van der Waals surface area contributed by atoms with Gasteiger partial charge in [0.05, 0.1) is 11.3 Å². The van der Waals surface area contributed by atoms with E-state index in [0.717, 1.165) is 0 Å². The smallest absolute Gasteiger partial charge is 0.255 e. The maximum atomic E-state index is 12.1. The number of hydrogen-bond acceptors (Lipinski definition) is 6.